The molecule has 0 aromatic heterocycles. The first-order valence-corrected chi connectivity index (χ1v) is 10.3. The lowest BCUT2D eigenvalue weighted by Crippen LogP contribution is -2.42. The largest absolute Gasteiger partial charge is 0.334 e. The second-order valence-electron chi connectivity index (χ2n) is 7.17. The minimum Gasteiger partial charge on any atom is -0.334 e. The molecule has 1 amide bonds. The number of carbonyl (C=O) groups is 1. The van der Waals surface area contributed by atoms with Crippen molar-refractivity contribution in [3.05, 3.63) is 53.0 Å². The van der Waals surface area contributed by atoms with E-state index in [0.29, 0.717) is 6.04 Å². The molecule has 1 aromatic rings. The molecule has 2 fully saturated rings. The van der Waals surface area contributed by atoms with Crippen LogP contribution in [0.3, 0.4) is 0 Å². The van der Waals surface area contributed by atoms with Gasteiger partial charge in [-0.05, 0) is 68.3 Å². The zero-order valence-corrected chi connectivity index (χ0v) is 15.5. The van der Waals surface area contributed by atoms with E-state index in [1.165, 1.54) is 36.4 Å². The van der Waals surface area contributed by atoms with Crippen molar-refractivity contribution in [2.45, 2.75) is 38.1 Å². The Morgan fingerprint density at radius 1 is 1.08 bits per heavy atom. The number of benzene rings is 1. The Hall–Kier alpha value is -1.52. The van der Waals surface area contributed by atoms with Crippen molar-refractivity contribution in [3.8, 4) is 0 Å². The van der Waals surface area contributed by atoms with Gasteiger partial charge in [-0.15, -0.1) is 0 Å². The molecule has 1 aromatic carbocycles. The normalized spacial score (nSPS) is 23.9. The molecule has 1 atom stereocenters. The zero-order valence-electron chi connectivity index (χ0n) is 14.7. The molecule has 0 N–H and O–H groups in total. The van der Waals surface area contributed by atoms with E-state index in [-0.39, 0.29) is 5.91 Å². The molecule has 0 radical (unpaired) electrons. The maximum absolute atomic E-state index is 13.0. The molecule has 4 rings (SSSR count). The van der Waals surface area contributed by atoms with Crippen LogP contribution in [-0.4, -0.2) is 47.9 Å². The van der Waals surface area contributed by atoms with E-state index >= 15 is 0 Å². The van der Waals surface area contributed by atoms with Gasteiger partial charge in [-0.3, -0.25) is 4.79 Å². The Kier molecular flexibility index (Phi) is 5.28. The van der Waals surface area contributed by atoms with Gasteiger partial charge in [0, 0.05) is 29.6 Å². The number of hydrogen-bond acceptors (Lipinski definition) is 3. The summed E-state index contributed by atoms with van der Waals surface area (Å²) in [6.45, 7) is 4.37. The quantitative estimate of drug-likeness (QED) is 0.802. The highest BCUT2D eigenvalue weighted by Crippen LogP contribution is 2.32. The summed E-state index contributed by atoms with van der Waals surface area (Å²) in [5.41, 5.74) is 2.04. The predicted molar refractivity (Wildman–Crippen MR) is 105 cm³/mol. The summed E-state index contributed by atoms with van der Waals surface area (Å²) >= 11 is 1.75. The van der Waals surface area contributed by atoms with Crippen LogP contribution in [0.25, 0.3) is 4.91 Å². The SMILES string of the molecule is O=C(c1ccc(C2=CCC=CS2)cc1)N1CCCC1CN1CCCC1. The third kappa shape index (κ3) is 3.85. The molecule has 3 aliphatic rings. The van der Waals surface area contributed by atoms with Gasteiger partial charge in [0.25, 0.3) is 5.91 Å². The van der Waals surface area contributed by atoms with Gasteiger partial charge < -0.3 is 9.80 Å². The van der Waals surface area contributed by atoms with Gasteiger partial charge in [0.2, 0.25) is 0 Å². The van der Waals surface area contributed by atoms with Crippen molar-refractivity contribution in [1.29, 1.82) is 0 Å². The van der Waals surface area contributed by atoms with E-state index in [2.05, 4.69) is 39.5 Å². The lowest BCUT2D eigenvalue weighted by atomic mass is 10.1. The van der Waals surface area contributed by atoms with E-state index in [9.17, 15) is 4.79 Å². The number of nitrogens with zero attached hydrogens (tertiary/aromatic N) is 2. The second kappa shape index (κ2) is 7.79. The van der Waals surface area contributed by atoms with Gasteiger partial charge in [-0.2, -0.15) is 0 Å². The Labute approximate surface area is 154 Å². The van der Waals surface area contributed by atoms with Crippen molar-refractivity contribution in [2.24, 2.45) is 0 Å². The molecule has 2 saturated heterocycles. The first-order valence-electron chi connectivity index (χ1n) is 9.47. The fourth-order valence-electron chi connectivity index (χ4n) is 4.09. The predicted octanol–water partition coefficient (Wildman–Crippen LogP) is 4.38. The lowest BCUT2D eigenvalue weighted by Gasteiger charge is -2.28. The van der Waals surface area contributed by atoms with E-state index in [0.717, 1.165) is 37.9 Å². The van der Waals surface area contributed by atoms with Crippen LogP contribution in [0.1, 0.15) is 48.0 Å². The summed E-state index contributed by atoms with van der Waals surface area (Å²) in [4.78, 5) is 18.9. The molecule has 0 aliphatic carbocycles. The van der Waals surface area contributed by atoms with Gasteiger partial charge in [0.15, 0.2) is 0 Å². The van der Waals surface area contributed by atoms with Crippen LogP contribution < -0.4 is 0 Å². The maximum atomic E-state index is 13.0. The molecular formula is C21H26N2OS. The van der Waals surface area contributed by atoms with Crippen molar-refractivity contribution in [1.82, 2.24) is 9.80 Å². The fraction of sp³-hybridized carbons (Fsp3) is 0.476. The monoisotopic (exact) mass is 354 g/mol. The summed E-state index contributed by atoms with van der Waals surface area (Å²) in [6, 6.07) is 8.59. The average Bonchev–Trinajstić information content (AvgIpc) is 3.34. The molecule has 3 aliphatic heterocycles. The van der Waals surface area contributed by atoms with Crippen LogP contribution in [0.5, 0.6) is 0 Å². The van der Waals surface area contributed by atoms with Gasteiger partial charge >= 0.3 is 0 Å². The van der Waals surface area contributed by atoms with Crippen molar-refractivity contribution < 1.29 is 4.79 Å². The topological polar surface area (TPSA) is 23.6 Å². The minimum atomic E-state index is 0.207. The van der Waals surface area contributed by atoms with Crippen LogP contribution in [-0.2, 0) is 0 Å². The maximum Gasteiger partial charge on any atom is 0.254 e. The Balaban J connectivity index is 1.43. The Morgan fingerprint density at radius 3 is 2.60 bits per heavy atom. The Morgan fingerprint density at radius 2 is 1.88 bits per heavy atom. The number of amides is 1. The van der Waals surface area contributed by atoms with E-state index in [1.54, 1.807) is 11.8 Å². The Bertz CT molecular complexity index is 674. The summed E-state index contributed by atoms with van der Waals surface area (Å²) in [5.74, 6) is 0.207. The van der Waals surface area contributed by atoms with Crippen molar-refractivity contribution in [2.75, 3.05) is 26.2 Å². The fourth-order valence-corrected chi connectivity index (χ4v) is 4.90. The average molecular weight is 355 g/mol. The number of rotatable bonds is 4. The first-order chi connectivity index (χ1) is 12.3. The molecule has 1 unspecified atom stereocenters. The molecule has 0 spiro atoms. The highest BCUT2D eigenvalue weighted by atomic mass is 32.2. The molecule has 3 heterocycles. The molecular weight excluding hydrogens is 328 g/mol. The molecule has 0 saturated carbocycles. The minimum absolute atomic E-state index is 0.207. The van der Waals surface area contributed by atoms with Crippen LogP contribution in [0.4, 0.5) is 0 Å². The lowest BCUT2D eigenvalue weighted by molar-refractivity contribution is 0.0709. The number of likely N-dealkylation sites (tertiary alicyclic amines) is 2. The van der Waals surface area contributed by atoms with Crippen molar-refractivity contribution in [3.63, 3.8) is 0 Å². The number of hydrogen-bond donors (Lipinski definition) is 0. The van der Waals surface area contributed by atoms with Crippen LogP contribution >= 0.6 is 11.8 Å². The molecule has 4 heteroatoms. The van der Waals surface area contributed by atoms with Gasteiger partial charge in [0.05, 0.1) is 0 Å². The second-order valence-corrected chi connectivity index (χ2v) is 8.12. The number of carbonyl (C=O) groups excluding carboxylic acids is 1. The summed E-state index contributed by atoms with van der Waals surface area (Å²) in [5, 5.41) is 2.14. The van der Waals surface area contributed by atoms with Crippen molar-refractivity contribution >= 4 is 22.6 Å². The summed E-state index contributed by atoms with van der Waals surface area (Å²) in [7, 11) is 0. The molecule has 3 nitrogen and oxygen atoms in total. The first kappa shape index (κ1) is 16.9. The summed E-state index contributed by atoms with van der Waals surface area (Å²) < 4.78 is 0. The third-order valence-corrected chi connectivity index (χ3v) is 6.44. The standard InChI is InChI=1S/C21H26N2OS/c24-21(23-14-5-6-19(23)16-22-12-2-3-13-22)18-10-8-17(9-11-18)20-7-1-4-15-25-20/h4,7-11,15,19H,1-3,5-6,12-14,16H2. The van der Waals surface area contributed by atoms with E-state index in [1.807, 2.05) is 12.1 Å². The van der Waals surface area contributed by atoms with Crippen LogP contribution in [0.2, 0.25) is 0 Å². The van der Waals surface area contributed by atoms with E-state index in [4.69, 9.17) is 0 Å². The molecule has 132 valence electrons. The van der Waals surface area contributed by atoms with E-state index < -0.39 is 0 Å². The molecule has 25 heavy (non-hydrogen) atoms. The van der Waals surface area contributed by atoms with Gasteiger partial charge in [-0.25, -0.2) is 0 Å². The zero-order chi connectivity index (χ0) is 17.1. The highest BCUT2D eigenvalue weighted by Gasteiger charge is 2.31. The summed E-state index contributed by atoms with van der Waals surface area (Å²) in [6.07, 6.45) is 10.3. The van der Waals surface area contributed by atoms with Gasteiger partial charge in [0.1, 0.15) is 0 Å². The van der Waals surface area contributed by atoms with Crippen LogP contribution in [0.15, 0.2) is 41.8 Å². The highest BCUT2D eigenvalue weighted by molar-refractivity contribution is 8.11. The van der Waals surface area contributed by atoms with Gasteiger partial charge in [-0.1, -0.05) is 36.0 Å². The smallest absolute Gasteiger partial charge is 0.254 e. The number of allylic oxidation sites excluding steroid dienone is 2. The third-order valence-electron chi connectivity index (χ3n) is 5.45. The van der Waals surface area contributed by atoms with Crippen LogP contribution in [0, 0.1) is 0 Å². The number of thioether (sulfide) groups is 1. The molecule has 0 bridgehead atoms.